The van der Waals surface area contributed by atoms with Crippen LogP contribution in [0.15, 0.2) is 16.9 Å². The van der Waals surface area contributed by atoms with Crippen LogP contribution in [0.1, 0.15) is 17.3 Å². The zero-order chi connectivity index (χ0) is 9.26. The predicted octanol–water partition coefficient (Wildman–Crippen LogP) is 0.931. The van der Waals surface area contributed by atoms with Gasteiger partial charge in [-0.15, -0.1) is 0 Å². The molecule has 0 saturated heterocycles. The van der Waals surface area contributed by atoms with Gasteiger partial charge in [0.05, 0.1) is 6.20 Å². The summed E-state index contributed by atoms with van der Waals surface area (Å²) in [5.74, 6) is 1.24. The topological polar surface area (TPSA) is 56.7 Å². The maximum absolute atomic E-state index is 4.84. The van der Waals surface area contributed by atoms with Gasteiger partial charge >= 0.3 is 0 Å². The van der Waals surface area contributed by atoms with Gasteiger partial charge in [0.25, 0.3) is 0 Å². The molecule has 0 N–H and O–H groups in total. The fourth-order valence-corrected chi connectivity index (χ4v) is 1.10. The van der Waals surface area contributed by atoms with E-state index in [1.807, 2.05) is 13.1 Å². The Kier molecular flexibility index (Phi) is 1.84. The Balaban J connectivity index is 2.14. The molecule has 0 spiro atoms. The molecule has 2 aromatic rings. The summed E-state index contributed by atoms with van der Waals surface area (Å²) < 4.78 is 6.62. The standard InChI is InChI=1S/C8H10N4O/c1-6-3-9-12(4-6)5-8-10-7(2)13-11-8/h3-4H,5H2,1-2H3. The molecule has 0 aliphatic rings. The number of hydrogen-bond donors (Lipinski definition) is 0. The van der Waals surface area contributed by atoms with Crippen LogP contribution in [0.25, 0.3) is 0 Å². The first-order chi connectivity index (χ1) is 6.24. The van der Waals surface area contributed by atoms with Crippen LogP contribution in [0.3, 0.4) is 0 Å². The van der Waals surface area contributed by atoms with Gasteiger partial charge in [0.15, 0.2) is 5.82 Å². The van der Waals surface area contributed by atoms with Gasteiger partial charge in [-0.1, -0.05) is 5.16 Å². The van der Waals surface area contributed by atoms with Gasteiger partial charge in [-0.2, -0.15) is 10.1 Å². The molecule has 0 fully saturated rings. The van der Waals surface area contributed by atoms with Crippen LogP contribution in [0.5, 0.6) is 0 Å². The minimum atomic E-state index is 0.561. The van der Waals surface area contributed by atoms with Gasteiger partial charge in [-0.25, -0.2) is 0 Å². The molecule has 0 atom stereocenters. The lowest BCUT2D eigenvalue weighted by Crippen LogP contribution is -2.01. The molecule has 0 aliphatic carbocycles. The summed E-state index contributed by atoms with van der Waals surface area (Å²) in [7, 11) is 0. The van der Waals surface area contributed by atoms with Crippen LogP contribution in [-0.4, -0.2) is 19.9 Å². The van der Waals surface area contributed by atoms with Gasteiger partial charge in [0.1, 0.15) is 6.54 Å². The highest BCUT2D eigenvalue weighted by molar-refractivity contribution is 5.00. The molecule has 0 bridgehead atoms. The molecule has 68 valence electrons. The summed E-state index contributed by atoms with van der Waals surface area (Å²) >= 11 is 0. The normalized spacial score (nSPS) is 10.6. The smallest absolute Gasteiger partial charge is 0.223 e. The Morgan fingerprint density at radius 2 is 2.31 bits per heavy atom. The lowest BCUT2D eigenvalue weighted by atomic mass is 10.4. The maximum Gasteiger partial charge on any atom is 0.223 e. The molecule has 0 aliphatic heterocycles. The monoisotopic (exact) mass is 178 g/mol. The SMILES string of the molecule is Cc1cnn(Cc2noc(C)n2)c1. The summed E-state index contributed by atoms with van der Waals surface area (Å²) in [6.45, 7) is 4.32. The van der Waals surface area contributed by atoms with E-state index in [2.05, 4.69) is 15.2 Å². The molecule has 2 aromatic heterocycles. The first-order valence-corrected chi connectivity index (χ1v) is 4.02. The van der Waals surface area contributed by atoms with Gasteiger partial charge in [-0.05, 0) is 12.5 Å². The third kappa shape index (κ3) is 1.74. The van der Waals surface area contributed by atoms with Crippen LogP contribution >= 0.6 is 0 Å². The van der Waals surface area contributed by atoms with Crippen molar-refractivity contribution in [2.45, 2.75) is 20.4 Å². The lowest BCUT2D eigenvalue weighted by Gasteiger charge is -1.93. The quantitative estimate of drug-likeness (QED) is 0.686. The predicted molar refractivity (Wildman–Crippen MR) is 45.1 cm³/mol. The molecule has 5 nitrogen and oxygen atoms in total. The van der Waals surface area contributed by atoms with E-state index in [0.29, 0.717) is 18.3 Å². The Morgan fingerprint density at radius 1 is 1.46 bits per heavy atom. The van der Waals surface area contributed by atoms with Gasteiger partial charge in [-0.3, -0.25) is 4.68 Å². The first-order valence-electron chi connectivity index (χ1n) is 4.02. The van der Waals surface area contributed by atoms with E-state index < -0.39 is 0 Å². The van der Waals surface area contributed by atoms with Crippen molar-refractivity contribution in [3.05, 3.63) is 29.7 Å². The zero-order valence-corrected chi connectivity index (χ0v) is 7.56. The second-order valence-electron chi connectivity index (χ2n) is 2.94. The number of rotatable bonds is 2. The van der Waals surface area contributed by atoms with Gasteiger partial charge < -0.3 is 4.52 Å². The second kappa shape index (κ2) is 3.01. The second-order valence-corrected chi connectivity index (χ2v) is 2.94. The number of hydrogen-bond acceptors (Lipinski definition) is 4. The Hall–Kier alpha value is -1.65. The molecule has 0 aromatic carbocycles. The van der Waals surface area contributed by atoms with Crippen LogP contribution in [0.2, 0.25) is 0 Å². The average molecular weight is 178 g/mol. The first kappa shape index (κ1) is 7.97. The molecule has 0 radical (unpaired) electrons. The highest BCUT2D eigenvalue weighted by Crippen LogP contribution is 1.99. The Morgan fingerprint density at radius 3 is 2.85 bits per heavy atom. The van der Waals surface area contributed by atoms with Crippen LogP contribution in [0, 0.1) is 13.8 Å². The third-order valence-corrected chi connectivity index (χ3v) is 1.64. The highest BCUT2D eigenvalue weighted by Gasteiger charge is 2.03. The van der Waals surface area contributed by atoms with E-state index in [-0.39, 0.29) is 0 Å². The van der Waals surface area contributed by atoms with Crippen molar-refractivity contribution in [3.63, 3.8) is 0 Å². The maximum atomic E-state index is 4.84. The minimum Gasteiger partial charge on any atom is -0.340 e. The fourth-order valence-electron chi connectivity index (χ4n) is 1.10. The van der Waals surface area contributed by atoms with Crippen molar-refractivity contribution in [2.75, 3.05) is 0 Å². The van der Waals surface area contributed by atoms with Crippen molar-refractivity contribution in [1.29, 1.82) is 0 Å². The van der Waals surface area contributed by atoms with E-state index in [0.717, 1.165) is 5.56 Å². The van der Waals surface area contributed by atoms with E-state index in [4.69, 9.17) is 4.52 Å². The molecular weight excluding hydrogens is 168 g/mol. The lowest BCUT2D eigenvalue weighted by molar-refractivity contribution is 0.385. The van der Waals surface area contributed by atoms with Crippen molar-refractivity contribution in [2.24, 2.45) is 0 Å². The average Bonchev–Trinajstić information content (AvgIpc) is 2.62. The van der Waals surface area contributed by atoms with Gasteiger partial charge in [0.2, 0.25) is 5.89 Å². The molecule has 0 saturated carbocycles. The molecule has 2 rings (SSSR count). The van der Waals surface area contributed by atoms with Crippen LogP contribution < -0.4 is 0 Å². The van der Waals surface area contributed by atoms with Crippen LogP contribution in [-0.2, 0) is 6.54 Å². The summed E-state index contributed by atoms with van der Waals surface area (Å²) in [4.78, 5) is 4.08. The van der Waals surface area contributed by atoms with E-state index in [1.54, 1.807) is 17.8 Å². The Bertz CT molecular complexity index is 365. The van der Waals surface area contributed by atoms with Gasteiger partial charge in [0, 0.05) is 13.1 Å². The van der Waals surface area contributed by atoms with E-state index >= 15 is 0 Å². The molecular formula is C8H10N4O. The molecule has 0 unspecified atom stereocenters. The summed E-state index contributed by atoms with van der Waals surface area (Å²) in [5, 5.41) is 7.89. The Labute approximate surface area is 75.4 Å². The van der Waals surface area contributed by atoms with Crippen LogP contribution in [0.4, 0.5) is 0 Å². The third-order valence-electron chi connectivity index (χ3n) is 1.64. The highest BCUT2D eigenvalue weighted by atomic mass is 16.5. The zero-order valence-electron chi connectivity index (χ0n) is 7.56. The molecule has 5 heteroatoms. The fraction of sp³-hybridized carbons (Fsp3) is 0.375. The summed E-state index contributed by atoms with van der Waals surface area (Å²) in [6, 6.07) is 0. The summed E-state index contributed by atoms with van der Waals surface area (Å²) in [6.07, 6.45) is 3.73. The number of nitrogens with zero attached hydrogens (tertiary/aromatic N) is 4. The molecule has 0 amide bonds. The largest absolute Gasteiger partial charge is 0.340 e. The van der Waals surface area contributed by atoms with E-state index in [1.165, 1.54) is 0 Å². The minimum absolute atomic E-state index is 0.561. The number of aryl methyl sites for hydroxylation is 2. The van der Waals surface area contributed by atoms with Crippen molar-refractivity contribution in [3.8, 4) is 0 Å². The van der Waals surface area contributed by atoms with Crippen molar-refractivity contribution >= 4 is 0 Å². The summed E-state index contributed by atoms with van der Waals surface area (Å²) in [5.41, 5.74) is 1.13. The number of aromatic nitrogens is 4. The molecule has 13 heavy (non-hydrogen) atoms. The van der Waals surface area contributed by atoms with Crippen molar-refractivity contribution < 1.29 is 4.52 Å². The molecule has 2 heterocycles. The van der Waals surface area contributed by atoms with Crippen molar-refractivity contribution in [1.82, 2.24) is 19.9 Å². The van der Waals surface area contributed by atoms with E-state index in [9.17, 15) is 0 Å².